The van der Waals surface area contributed by atoms with Crippen molar-refractivity contribution in [2.24, 2.45) is 0 Å². The lowest BCUT2D eigenvalue weighted by Crippen LogP contribution is -2.41. The zero-order valence-electron chi connectivity index (χ0n) is 17.6. The second-order valence-corrected chi connectivity index (χ2v) is 7.54. The van der Waals surface area contributed by atoms with Crippen LogP contribution in [0.2, 0.25) is 0 Å². The molecule has 2 aromatic carbocycles. The van der Waals surface area contributed by atoms with Crippen molar-refractivity contribution < 1.29 is 19.0 Å². The van der Waals surface area contributed by atoms with E-state index in [1.54, 1.807) is 6.92 Å². The lowest BCUT2D eigenvalue weighted by molar-refractivity contribution is -0.166. The molecule has 1 aliphatic rings. The Balaban J connectivity index is 1.54. The minimum Gasteiger partial charge on any atom is -0.492 e. The van der Waals surface area contributed by atoms with Gasteiger partial charge < -0.3 is 19.1 Å². The summed E-state index contributed by atoms with van der Waals surface area (Å²) < 4.78 is 16.5. The maximum atomic E-state index is 12.1. The summed E-state index contributed by atoms with van der Waals surface area (Å²) in [6.07, 6.45) is 2.80. The molecule has 0 fully saturated rings. The van der Waals surface area contributed by atoms with Crippen LogP contribution in [0, 0.1) is 0 Å². The quantitative estimate of drug-likeness (QED) is 0.598. The van der Waals surface area contributed by atoms with Crippen LogP contribution in [0.4, 0.5) is 5.69 Å². The number of para-hydroxylation sites is 1. The molecule has 3 rings (SSSR count). The van der Waals surface area contributed by atoms with E-state index in [0.717, 1.165) is 30.8 Å². The number of hydrogen-bond acceptors (Lipinski definition) is 5. The molecule has 0 saturated carbocycles. The van der Waals surface area contributed by atoms with Crippen molar-refractivity contribution in [2.45, 2.75) is 38.7 Å². The van der Waals surface area contributed by atoms with Gasteiger partial charge in [0.15, 0.2) is 5.60 Å². The molecule has 0 saturated heterocycles. The predicted octanol–water partition coefficient (Wildman–Crippen LogP) is 4.03. The molecule has 0 spiro atoms. The van der Waals surface area contributed by atoms with Gasteiger partial charge >= 0.3 is 5.97 Å². The van der Waals surface area contributed by atoms with Crippen molar-refractivity contribution in [3.63, 3.8) is 0 Å². The maximum Gasteiger partial charge on any atom is 0.338 e. The van der Waals surface area contributed by atoms with Crippen molar-refractivity contribution in [3.8, 4) is 5.75 Å². The van der Waals surface area contributed by atoms with Crippen LogP contribution in [0.1, 0.15) is 31.4 Å². The number of hydrogen-bond donors (Lipinski definition) is 0. The lowest BCUT2D eigenvalue weighted by Gasteiger charge is -2.31. The molecule has 156 valence electrons. The van der Waals surface area contributed by atoms with Crippen LogP contribution in [0.15, 0.2) is 48.5 Å². The number of esters is 1. The average molecular weight is 398 g/mol. The molecule has 2 aromatic rings. The van der Waals surface area contributed by atoms with Crippen LogP contribution in [0.25, 0.3) is 0 Å². The van der Waals surface area contributed by atoms with E-state index in [0.29, 0.717) is 19.6 Å². The number of rotatable bonds is 9. The average Bonchev–Trinajstić information content (AvgIpc) is 2.74. The third-order valence-electron chi connectivity index (χ3n) is 5.38. The Morgan fingerprint density at radius 1 is 1.14 bits per heavy atom. The fourth-order valence-electron chi connectivity index (χ4n) is 3.93. The molecule has 5 nitrogen and oxygen atoms in total. The van der Waals surface area contributed by atoms with E-state index >= 15 is 0 Å². The molecule has 0 radical (unpaired) electrons. The third kappa shape index (κ3) is 5.30. The van der Waals surface area contributed by atoms with Gasteiger partial charge in [0.05, 0.1) is 13.7 Å². The molecule has 5 heteroatoms. The Morgan fingerprint density at radius 3 is 2.62 bits per heavy atom. The number of benzene rings is 2. The molecule has 1 atom stereocenters. The number of carbonyl (C=O) groups is 1. The van der Waals surface area contributed by atoms with Crippen LogP contribution in [-0.4, -0.2) is 45.0 Å². The summed E-state index contributed by atoms with van der Waals surface area (Å²) in [5, 5.41) is 0. The second kappa shape index (κ2) is 9.79. The summed E-state index contributed by atoms with van der Waals surface area (Å²) in [5.74, 6) is 0.469. The summed E-state index contributed by atoms with van der Waals surface area (Å²) >= 11 is 0. The zero-order valence-corrected chi connectivity index (χ0v) is 17.6. The van der Waals surface area contributed by atoms with E-state index in [2.05, 4.69) is 29.2 Å². The van der Waals surface area contributed by atoms with Gasteiger partial charge in [-0.25, -0.2) is 4.79 Å². The van der Waals surface area contributed by atoms with Gasteiger partial charge in [-0.15, -0.1) is 0 Å². The summed E-state index contributed by atoms with van der Waals surface area (Å²) in [4.78, 5) is 14.5. The maximum absolute atomic E-state index is 12.1. The number of fused-ring (bicyclic) bond motifs is 1. The van der Waals surface area contributed by atoms with Gasteiger partial charge in [0.1, 0.15) is 12.4 Å². The number of ether oxygens (including phenoxy) is 3. The van der Waals surface area contributed by atoms with E-state index in [1.165, 1.54) is 24.8 Å². The highest BCUT2D eigenvalue weighted by atomic mass is 16.6. The molecule has 0 N–H and O–H groups in total. The Kier molecular flexibility index (Phi) is 7.15. The SMILES string of the molecule is CCOC(C)(Cc1ccc(OCCN2CCCc3ccccc32)cc1)C(=O)OC. The normalized spacial score (nSPS) is 15.3. The van der Waals surface area contributed by atoms with Gasteiger partial charge in [-0.1, -0.05) is 30.3 Å². The van der Waals surface area contributed by atoms with Crippen LogP contribution < -0.4 is 9.64 Å². The smallest absolute Gasteiger partial charge is 0.338 e. The zero-order chi connectivity index (χ0) is 20.7. The first-order valence-corrected chi connectivity index (χ1v) is 10.3. The first-order valence-electron chi connectivity index (χ1n) is 10.3. The van der Waals surface area contributed by atoms with Crippen LogP contribution >= 0.6 is 0 Å². The molecule has 1 aliphatic heterocycles. The molecule has 0 bridgehead atoms. The number of anilines is 1. The number of methoxy groups -OCH3 is 1. The first-order chi connectivity index (χ1) is 14.1. The number of carbonyl (C=O) groups excluding carboxylic acids is 1. The monoisotopic (exact) mass is 397 g/mol. The first kappa shape index (κ1) is 21.2. The summed E-state index contributed by atoms with van der Waals surface area (Å²) in [7, 11) is 1.39. The van der Waals surface area contributed by atoms with Crippen LogP contribution in [0.5, 0.6) is 5.75 Å². The van der Waals surface area contributed by atoms with Gasteiger partial charge in [-0.2, -0.15) is 0 Å². The highest BCUT2D eigenvalue weighted by Crippen LogP contribution is 2.26. The predicted molar refractivity (Wildman–Crippen MR) is 115 cm³/mol. The number of aryl methyl sites for hydroxylation is 1. The Bertz CT molecular complexity index is 805. The fourth-order valence-corrected chi connectivity index (χ4v) is 3.93. The minimum absolute atomic E-state index is 0.360. The van der Waals surface area contributed by atoms with Crippen molar-refractivity contribution in [3.05, 3.63) is 59.7 Å². The standard InChI is InChI=1S/C24H31NO4/c1-4-29-24(2,23(26)27-3)18-19-11-13-21(14-12-19)28-17-16-25-15-7-9-20-8-5-6-10-22(20)25/h5-6,8,10-14H,4,7,9,15-18H2,1-3H3. The van der Waals surface area contributed by atoms with Crippen molar-refractivity contribution in [1.82, 2.24) is 0 Å². The fraction of sp³-hybridized carbons (Fsp3) is 0.458. The number of nitrogens with zero attached hydrogens (tertiary/aromatic N) is 1. The van der Waals surface area contributed by atoms with Gasteiger partial charge in [0.2, 0.25) is 0 Å². The highest BCUT2D eigenvalue weighted by Gasteiger charge is 2.35. The van der Waals surface area contributed by atoms with Crippen LogP contribution in [0.3, 0.4) is 0 Å². The summed E-state index contributed by atoms with van der Waals surface area (Å²) in [6, 6.07) is 16.5. The second-order valence-electron chi connectivity index (χ2n) is 7.54. The van der Waals surface area contributed by atoms with E-state index < -0.39 is 5.60 Å². The molecule has 0 amide bonds. The van der Waals surface area contributed by atoms with Crippen molar-refractivity contribution >= 4 is 11.7 Å². The van der Waals surface area contributed by atoms with E-state index in [4.69, 9.17) is 14.2 Å². The molecular weight excluding hydrogens is 366 g/mol. The van der Waals surface area contributed by atoms with Gasteiger partial charge in [-0.05, 0) is 56.0 Å². The topological polar surface area (TPSA) is 48.0 Å². The van der Waals surface area contributed by atoms with E-state index in [-0.39, 0.29) is 5.97 Å². The van der Waals surface area contributed by atoms with Crippen LogP contribution in [-0.2, 0) is 27.1 Å². The van der Waals surface area contributed by atoms with E-state index in [1.807, 2.05) is 31.2 Å². The summed E-state index contributed by atoms with van der Waals surface area (Å²) in [6.45, 7) is 6.66. The minimum atomic E-state index is -0.979. The molecule has 29 heavy (non-hydrogen) atoms. The Morgan fingerprint density at radius 2 is 1.90 bits per heavy atom. The molecule has 0 aliphatic carbocycles. The Labute approximate surface area is 173 Å². The molecule has 0 aromatic heterocycles. The van der Waals surface area contributed by atoms with Crippen molar-refractivity contribution in [1.29, 1.82) is 0 Å². The molecule has 1 heterocycles. The molecular formula is C24H31NO4. The van der Waals surface area contributed by atoms with E-state index in [9.17, 15) is 4.79 Å². The Hall–Kier alpha value is -2.53. The van der Waals surface area contributed by atoms with Gasteiger partial charge in [0, 0.05) is 25.3 Å². The van der Waals surface area contributed by atoms with Crippen molar-refractivity contribution in [2.75, 3.05) is 38.3 Å². The summed E-state index contributed by atoms with van der Waals surface area (Å²) in [5.41, 5.74) is 2.78. The largest absolute Gasteiger partial charge is 0.492 e. The third-order valence-corrected chi connectivity index (χ3v) is 5.38. The van der Waals surface area contributed by atoms with Gasteiger partial charge in [-0.3, -0.25) is 0 Å². The highest BCUT2D eigenvalue weighted by molar-refractivity contribution is 5.79. The van der Waals surface area contributed by atoms with Gasteiger partial charge in [0.25, 0.3) is 0 Å². The lowest BCUT2D eigenvalue weighted by atomic mass is 9.96. The molecule has 1 unspecified atom stereocenters.